The van der Waals surface area contributed by atoms with Gasteiger partial charge in [-0.2, -0.15) is 0 Å². The Labute approximate surface area is 97.6 Å². The molecule has 1 rings (SSSR count). The van der Waals surface area contributed by atoms with Crippen LogP contribution >= 0.6 is 16.3 Å². The van der Waals surface area contributed by atoms with Crippen LogP contribution in [0.15, 0.2) is 24.3 Å². The summed E-state index contributed by atoms with van der Waals surface area (Å²) in [6.07, 6.45) is -4.69. The van der Waals surface area contributed by atoms with E-state index >= 15 is 0 Å². The summed E-state index contributed by atoms with van der Waals surface area (Å²) in [5, 5.41) is 0. The van der Waals surface area contributed by atoms with E-state index in [1.807, 2.05) is 0 Å². The lowest BCUT2D eigenvalue weighted by Crippen LogP contribution is -2.13. The van der Waals surface area contributed by atoms with Crippen LogP contribution in [-0.2, 0) is 15.2 Å². The van der Waals surface area contributed by atoms with Gasteiger partial charge in [-0.05, 0) is 17.7 Å². The second-order valence-corrected chi connectivity index (χ2v) is 3.12. The van der Waals surface area contributed by atoms with Crippen molar-refractivity contribution in [2.24, 2.45) is 0 Å². The Hall–Kier alpha value is -1.08. The molecule has 0 bridgehead atoms. The van der Waals surface area contributed by atoms with E-state index in [9.17, 15) is 18.0 Å². The minimum atomic E-state index is -4.69. The van der Waals surface area contributed by atoms with Gasteiger partial charge in [0, 0.05) is 0 Å². The first kappa shape index (κ1) is 13.0. The van der Waals surface area contributed by atoms with Gasteiger partial charge in [0.25, 0.3) is 0 Å². The zero-order chi connectivity index (χ0) is 12.2. The molecule has 0 aliphatic heterocycles. The molecule has 16 heavy (non-hydrogen) atoms. The molecule has 0 aliphatic carbocycles. The molecule has 1 aromatic rings. The van der Waals surface area contributed by atoms with E-state index in [1.165, 1.54) is 24.3 Å². The normalized spacial score (nSPS) is 11.2. The molecular weight excluding hydrogens is 293 g/mol. The number of alkyl halides is 3. The monoisotopic (exact) mass is 298 g/mol. The molecule has 0 aromatic heterocycles. The van der Waals surface area contributed by atoms with E-state index in [0.717, 1.165) is 0 Å². The molecule has 0 amide bonds. The third kappa shape index (κ3) is 4.19. The highest BCUT2D eigenvalue weighted by molar-refractivity contribution is 9.06. The van der Waals surface area contributed by atoms with Crippen molar-refractivity contribution in [3.8, 4) is 0 Å². The van der Waals surface area contributed by atoms with Gasteiger partial charge in [-0.25, -0.2) is 4.79 Å². The number of benzene rings is 1. The Balaban J connectivity index is 2.71. The fourth-order valence-corrected chi connectivity index (χ4v) is 1.18. The van der Waals surface area contributed by atoms with E-state index in [1.54, 1.807) is 0 Å². The summed E-state index contributed by atoms with van der Waals surface area (Å²) in [5.74, 6) is -0.686. The van der Waals surface area contributed by atoms with Crippen LogP contribution in [0.4, 0.5) is 13.2 Å². The molecule has 0 fully saturated rings. The van der Waals surface area contributed by atoms with Gasteiger partial charge >= 0.3 is 12.3 Å². The van der Waals surface area contributed by atoms with Crippen molar-refractivity contribution in [2.75, 3.05) is 0 Å². The summed E-state index contributed by atoms with van der Waals surface area (Å²) in [4.78, 5) is 11.0. The lowest BCUT2D eigenvalue weighted by atomic mass is 10.1. The molecule has 0 heterocycles. The molecule has 0 unspecified atom stereocenters. The quantitative estimate of drug-likeness (QED) is 0.860. The molecule has 3 nitrogen and oxygen atoms in total. The Morgan fingerprint density at radius 1 is 1.38 bits per heavy atom. The zero-order valence-corrected chi connectivity index (χ0v) is 9.34. The highest BCUT2D eigenvalue weighted by Gasteiger charge is 2.28. The van der Waals surface area contributed by atoms with Crippen molar-refractivity contribution in [1.29, 1.82) is 0 Å². The number of hydrogen-bond donors (Lipinski definition) is 0. The minimum Gasteiger partial charge on any atom is -0.380 e. The first-order valence-electron chi connectivity index (χ1n) is 4.05. The van der Waals surface area contributed by atoms with Crippen LogP contribution in [-0.4, -0.2) is 12.3 Å². The fourth-order valence-electron chi connectivity index (χ4n) is 0.998. The molecule has 88 valence electrons. The van der Waals surface area contributed by atoms with E-state index in [0.29, 0.717) is 0 Å². The number of carbonyl (C=O) groups excluding carboxylic acids is 1. The largest absolute Gasteiger partial charge is 0.522 e. The average Bonchev–Trinajstić information content (AvgIpc) is 2.25. The fraction of sp³-hybridized carbons (Fsp3) is 0.222. The Morgan fingerprint density at radius 3 is 2.62 bits per heavy atom. The first-order valence-corrected chi connectivity index (χ1v) is 4.69. The molecule has 0 radical (unpaired) electrons. The highest BCUT2D eigenvalue weighted by atomic mass is 79.9. The number of halogens is 4. The smallest absolute Gasteiger partial charge is 0.380 e. The van der Waals surface area contributed by atoms with Gasteiger partial charge in [0.2, 0.25) is 0 Å². The molecule has 1 aromatic carbocycles. The second kappa shape index (κ2) is 5.31. The van der Waals surface area contributed by atoms with E-state index in [4.69, 9.17) is 0 Å². The van der Waals surface area contributed by atoms with Crippen LogP contribution < -0.4 is 0 Å². The van der Waals surface area contributed by atoms with Gasteiger partial charge in [0.05, 0.1) is 12.2 Å². The van der Waals surface area contributed by atoms with E-state index < -0.39 is 18.9 Å². The molecule has 7 heteroatoms. The second-order valence-electron chi connectivity index (χ2n) is 2.80. The standard InChI is InChI=1S/C9H6BrF3O3/c10-16-8(14)7-3-1-2-6(4-7)5-15-9(11,12)13/h1-4H,5H2. The van der Waals surface area contributed by atoms with Gasteiger partial charge in [0.15, 0.2) is 16.3 Å². The summed E-state index contributed by atoms with van der Waals surface area (Å²) >= 11 is 2.49. The maximum atomic E-state index is 11.7. The minimum absolute atomic E-state index is 0.139. The predicted molar refractivity (Wildman–Crippen MR) is 51.6 cm³/mol. The van der Waals surface area contributed by atoms with Gasteiger partial charge in [0.1, 0.15) is 0 Å². The van der Waals surface area contributed by atoms with Crippen LogP contribution in [0.5, 0.6) is 0 Å². The van der Waals surface area contributed by atoms with Crippen molar-refractivity contribution in [1.82, 2.24) is 0 Å². The van der Waals surface area contributed by atoms with Gasteiger partial charge < -0.3 is 3.83 Å². The van der Waals surface area contributed by atoms with Gasteiger partial charge in [-0.15, -0.1) is 13.2 Å². The van der Waals surface area contributed by atoms with Crippen molar-refractivity contribution >= 4 is 22.2 Å². The van der Waals surface area contributed by atoms with Crippen LogP contribution in [0.3, 0.4) is 0 Å². The third-order valence-electron chi connectivity index (χ3n) is 1.64. The maximum absolute atomic E-state index is 11.7. The SMILES string of the molecule is O=C(OBr)c1cccc(COC(F)(F)F)c1. The molecule has 0 saturated carbocycles. The Bertz CT molecular complexity index is 379. The van der Waals surface area contributed by atoms with Crippen molar-refractivity contribution < 1.29 is 26.5 Å². The number of ether oxygens (including phenoxy) is 1. The summed E-state index contributed by atoms with van der Waals surface area (Å²) < 4.78 is 43.1. The summed E-state index contributed by atoms with van der Waals surface area (Å²) in [5.41, 5.74) is 0.368. The molecule has 0 N–H and O–H groups in total. The lowest BCUT2D eigenvalue weighted by molar-refractivity contribution is -0.330. The highest BCUT2D eigenvalue weighted by Crippen LogP contribution is 2.19. The van der Waals surface area contributed by atoms with Crippen LogP contribution in [0.25, 0.3) is 0 Å². The molecule has 0 aliphatic rings. The van der Waals surface area contributed by atoms with E-state index in [-0.39, 0.29) is 11.1 Å². The van der Waals surface area contributed by atoms with Crippen molar-refractivity contribution in [3.63, 3.8) is 0 Å². The number of carbonyl (C=O) groups is 1. The molecular formula is C9H6BrF3O3. The average molecular weight is 299 g/mol. The lowest BCUT2D eigenvalue weighted by Gasteiger charge is -2.07. The van der Waals surface area contributed by atoms with Gasteiger partial charge in [-0.3, -0.25) is 4.74 Å². The number of hydrogen-bond acceptors (Lipinski definition) is 3. The van der Waals surface area contributed by atoms with E-state index in [2.05, 4.69) is 24.8 Å². The number of rotatable bonds is 3. The Morgan fingerprint density at radius 2 is 2.06 bits per heavy atom. The molecule has 0 spiro atoms. The zero-order valence-electron chi connectivity index (χ0n) is 7.75. The predicted octanol–water partition coefficient (Wildman–Crippen LogP) is 3.19. The molecule has 0 atom stereocenters. The first-order chi connectivity index (χ1) is 7.42. The van der Waals surface area contributed by atoms with Crippen molar-refractivity contribution in [3.05, 3.63) is 35.4 Å². The van der Waals surface area contributed by atoms with Crippen LogP contribution in [0.1, 0.15) is 15.9 Å². The van der Waals surface area contributed by atoms with Crippen LogP contribution in [0.2, 0.25) is 0 Å². The third-order valence-corrected chi connectivity index (χ3v) is 1.93. The summed E-state index contributed by atoms with van der Waals surface area (Å²) in [7, 11) is 0. The van der Waals surface area contributed by atoms with Gasteiger partial charge in [-0.1, -0.05) is 12.1 Å². The Kier molecular flexibility index (Phi) is 4.31. The maximum Gasteiger partial charge on any atom is 0.522 e. The summed E-state index contributed by atoms with van der Waals surface area (Å²) in [6, 6.07) is 5.53. The summed E-state index contributed by atoms with van der Waals surface area (Å²) in [6.45, 7) is -0.646. The van der Waals surface area contributed by atoms with Crippen molar-refractivity contribution in [2.45, 2.75) is 13.0 Å². The topological polar surface area (TPSA) is 35.5 Å². The van der Waals surface area contributed by atoms with Crippen LogP contribution in [0, 0.1) is 0 Å². The molecule has 0 saturated heterocycles.